The SMILES string of the molecule is C=C1C=CC(OC(C)=O)C2(C)C(O)C(OC(C)=O)C(O)C3(CO3)C2C(OC(C)=O)C2(O)C(C)C(=O)OC2C1Cl. The molecule has 2 heterocycles. The van der Waals surface area contributed by atoms with E-state index in [1.807, 2.05) is 0 Å². The van der Waals surface area contributed by atoms with Crippen LogP contribution in [0.4, 0.5) is 0 Å². The minimum Gasteiger partial charge on any atom is -0.459 e. The molecule has 216 valence electrons. The minimum absolute atomic E-state index is 0.155. The van der Waals surface area contributed by atoms with Gasteiger partial charge in [-0.25, -0.2) is 0 Å². The number of epoxide rings is 1. The number of hydrogen-bond donors (Lipinski definition) is 3. The van der Waals surface area contributed by atoms with Crippen LogP contribution in [0.2, 0.25) is 0 Å². The third-order valence-corrected chi connectivity index (χ3v) is 9.05. The molecule has 3 fully saturated rings. The average Bonchev–Trinajstić information content (AvgIpc) is 3.60. The van der Waals surface area contributed by atoms with E-state index < -0.39 is 94.3 Å². The Morgan fingerprint density at radius 2 is 1.64 bits per heavy atom. The molecule has 12 unspecified atom stereocenters. The standard InChI is InChI=1S/C26H33ClO12/c1-10-7-8-15(36-12(3)28)24(6)18(25(9-35-25)20(32)17(19(24)31)37-13(4)29)22(38-14(5)30)26(34)11(2)23(33)39-21(26)16(10)27/h7-8,11,15-22,31-32,34H,1,9H2,2-6H3. The number of hydrogen-bond acceptors (Lipinski definition) is 12. The maximum Gasteiger partial charge on any atom is 0.312 e. The van der Waals surface area contributed by atoms with Crippen LogP contribution in [0.25, 0.3) is 0 Å². The molecule has 0 bridgehead atoms. The van der Waals surface area contributed by atoms with Crippen molar-refractivity contribution >= 4 is 35.5 Å². The van der Waals surface area contributed by atoms with Crippen molar-refractivity contribution in [2.24, 2.45) is 17.3 Å². The lowest BCUT2D eigenvalue weighted by molar-refractivity contribution is -0.274. The van der Waals surface area contributed by atoms with Gasteiger partial charge in [0.15, 0.2) is 17.8 Å². The van der Waals surface area contributed by atoms with Gasteiger partial charge in [0.2, 0.25) is 0 Å². The molecule has 0 aromatic rings. The van der Waals surface area contributed by atoms with E-state index in [0.29, 0.717) is 0 Å². The largest absolute Gasteiger partial charge is 0.459 e. The van der Waals surface area contributed by atoms with E-state index in [-0.39, 0.29) is 12.2 Å². The summed E-state index contributed by atoms with van der Waals surface area (Å²) >= 11 is 6.66. The Morgan fingerprint density at radius 3 is 2.15 bits per heavy atom. The van der Waals surface area contributed by atoms with Crippen molar-refractivity contribution in [1.82, 2.24) is 0 Å². The predicted molar refractivity (Wildman–Crippen MR) is 131 cm³/mol. The third-order valence-electron chi connectivity index (χ3n) is 8.55. The van der Waals surface area contributed by atoms with Gasteiger partial charge in [0.25, 0.3) is 0 Å². The van der Waals surface area contributed by atoms with Crippen LogP contribution >= 0.6 is 11.6 Å². The number of alkyl halides is 1. The van der Waals surface area contributed by atoms with Crippen LogP contribution in [0, 0.1) is 17.3 Å². The number of esters is 4. The number of rotatable bonds is 3. The molecule has 0 amide bonds. The maximum absolute atomic E-state index is 12.9. The Labute approximate surface area is 229 Å². The molecule has 12 nitrogen and oxygen atoms in total. The molecule has 12 atom stereocenters. The zero-order valence-corrected chi connectivity index (χ0v) is 22.9. The molecule has 2 aliphatic heterocycles. The first-order valence-corrected chi connectivity index (χ1v) is 12.9. The molecule has 1 spiro atoms. The van der Waals surface area contributed by atoms with Crippen molar-refractivity contribution < 1.29 is 58.2 Å². The van der Waals surface area contributed by atoms with Crippen LogP contribution in [0.15, 0.2) is 24.3 Å². The molecule has 3 N–H and O–H groups in total. The average molecular weight is 573 g/mol. The number of fused-ring (bicyclic) bond motifs is 3. The van der Waals surface area contributed by atoms with Crippen molar-refractivity contribution in [2.75, 3.05) is 6.61 Å². The normalized spacial score (nSPS) is 46.9. The molecule has 0 radical (unpaired) electrons. The van der Waals surface area contributed by atoms with Crippen LogP contribution in [-0.4, -0.2) is 99.0 Å². The lowest BCUT2D eigenvalue weighted by atomic mass is 9.51. The van der Waals surface area contributed by atoms with Gasteiger partial charge in [0, 0.05) is 32.1 Å². The first kappa shape index (κ1) is 29.5. The fourth-order valence-electron chi connectivity index (χ4n) is 6.50. The van der Waals surface area contributed by atoms with E-state index in [1.165, 1.54) is 26.0 Å². The predicted octanol–water partition coefficient (Wildman–Crippen LogP) is -0.0656. The number of carbonyl (C=O) groups is 4. The van der Waals surface area contributed by atoms with Crippen LogP contribution in [0.5, 0.6) is 0 Å². The molecular weight excluding hydrogens is 540 g/mol. The number of ether oxygens (including phenoxy) is 5. The summed E-state index contributed by atoms with van der Waals surface area (Å²) in [7, 11) is 0. The van der Waals surface area contributed by atoms with Crippen LogP contribution in [0.1, 0.15) is 34.6 Å². The summed E-state index contributed by atoms with van der Waals surface area (Å²) in [5.74, 6) is -5.94. The molecule has 2 saturated heterocycles. The highest BCUT2D eigenvalue weighted by atomic mass is 35.5. The summed E-state index contributed by atoms with van der Waals surface area (Å²) in [6.45, 7) is 9.86. The number of aliphatic hydroxyl groups is 3. The smallest absolute Gasteiger partial charge is 0.312 e. The Morgan fingerprint density at radius 1 is 1.08 bits per heavy atom. The van der Waals surface area contributed by atoms with Crippen LogP contribution < -0.4 is 0 Å². The van der Waals surface area contributed by atoms with Crippen molar-refractivity contribution in [3.05, 3.63) is 24.3 Å². The van der Waals surface area contributed by atoms with Gasteiger partial charge in [0.1, 0.15) is 30.0 Å². The highest BCUT2D eigenvalue weighted by Crippen LogP contribution is 2.62. The van der Waals surface area contributed by atoms with Crippen molar-refractivity contribution in [3.63, 3.8) is 0 Å². The molecule has 4 rings (SSSR count). The highest BCUT2D eigenvalue weighted by Gasteiger charge is 2.79. The Bertz CT molecular complexity index is 1120. The fraction of sp³-hybridized carbons (Fsp3) is 0.692. The van der Waals surface area contributed by atoms with E-state index in [9.17, 15) is 34.5 Å². The van der Waals surface area contributed by atoms with Gasteiger partial charge in [-0.3, -0.25) is 19.2 Å². The Kier molecular flexibility index (Phi) is 7.44. The quantitative estimate of drug-likeness (QED) is 0.178. The summed E-state index contributed by atoms with van der Waals surface area (Å²) in [5.41, 5.74) is -5.63. The molecule has 4 aliphatic rings. The van der Waals surface area contributed by atoms with Gasteiger partial charge in [-0.1, -0.05) is 19.6 Å². The van der Waals surface area contributed by atoms with E-state index in [1.54, 1.807) is 0 Å². The zero-order chi connectivity index (χ0) is 29.2. The van der Waals surface area contributed by atoms with Crippen LogP contribution in [0.3, 0.4) is 0 Å². The number of allylic oxidation sites excluding steroid dienone is 1. The van der Waals surface area contributed by atoms with E-state index in [2.05, 4.69) is 6.58 Å². The lowest BCUT2D eigenvalue weighted by Gasteiger charge is -2.58. The monoisotopic (exact) mass is 572 g/mol. The van der Waals surface area contributed by atoms with E-state index in [4.69, 9.17) is 35.3 Å². The number of halogens is 1. The summed E-state index contributed by atoms with van der Waals surface area (Å²) in [5, 5.41) is 34.3. The first-order chi connectivity index (χ1) is 18.0. The van der Waals surface area contributed by atoms with Crippen LogP contribution in [-0.2, 0) is 42.9 Å². The summed E-state index contributed by atoms with van der Waals surface area (Å²) in [6.07, 6.45) is -6.74. The minimum atomic E-state index is -2.33. The molecule has 2 aliphatic carbocycles. The number of aliphatic hydroxyl groups excluding tert-OH is 2. The Hall–Kier alpha value is -2.51. The van der Waals surface area contributed by atoms with Crippen molar-refractivity contribution in [3.8, 4) is 0 Å². The van der Waals surface area contributed by atoms with Gasteiger partial charge < -0.3 is 39.0 Å². The molecule has 39 heavy (non-hydrogen) atoms. The first-order valence-electron chi connectivity index (χ1n) is 12.5. The summed E-state index contributed by atoms with van der Waals surface area (Å²) in [6, 6.07) is 0. The number of carbonyl (C=O) groups excluding carboxylic acids is 4. The third kappa shape index (κ3) is 4.37. The van der Waals surface area contributed by atoms with Gasteiger partial charge in [0.05, 0.1) is 17.9 Å². The second-order valence-electron chi connectivity index (χ2n) is 10.9. The zero-order valence-electron chi connectivity index (χ0n) is 22.2. The van der Waals surface area contributed by atoms with Gasteiger partial charge >= 0.3 is 23.9 Å². The van der Waals surface area contributed by atoms with E-state index >= 15 is 0 Å². The molecular formula is C26H33ClO12. The van der Waals surface area contributed by atoms with Gasteiger partial charge in [-0.15, -0.1) is 11.6 Å². The summed E-state index contributed by atoms with van der Waals surface area (Å²) < 4.78 is 28.0. The molecule has 0 aromatic heterocycles. The second-order valence-corrected chi connectivity index (χ2v) is 11.4. The highest BCUT2D eigenvalue weighted by molar-refractivity contribution is 6.23. The molecule has 13 heteroatoms. The van der Waals surface area contributed by atoms with Crippen molar-refractivity contribution in [2.45, 2.75) is 87.8 Å². The lowest BCUT2D eigenvalue weighted by Crippen LogP contribution is -2.75. The van der Waals surface area contributed by atoms with Crippen molar-refractivity contribution in [1.29, 1.82) is 0 Å². The van der Waals surface area contributed by atoms with Gasteiger partial charge in [-0.05, 0) is 18.6 Å². The van der Waals surface area contributed by atoms with Gasteiger partial charge in [-0.2, -0.15) is 0 Å². The topological polar surface area (TPSA) is 178 Å². The Balaban J connectivity index is 2.07. The maximum atomic E-state index is 12.9. The molecule has 1 saturated carbocycles. The van der Waals surface area contributed by atoms with E-state index in [0.717, 1.165) is 20.8 Å². The summed E-state index contributed by atoms with van der Waals surface area (Å²) in [4.78, 5) is 49.7. The second kappa shape index (κ2) is 9.84. The molecule has 0 aromatic carbocycles. The fourth-order valence-corrected chi connectivity index (χ4v) is 6.82.